The highest BCUT2D eigenvalue weighted by Crippen LogP contribution is 2.21. The molecule has 8 heteroatoms. The molecule has 0 aromatic heterocycles. The maximum Gasteiger partial charge on any atom is 0.257 e. The zero-order valence-corrected chi connectivity index (χ0v) is 15.7. The van der Waals surface area contributed by atoms with Gasteiger partial charge in [-0.25, -0.2) is 0 Å². The van der Waals surface area contributed by atoms with Crippen molar-refractivity contribution in [3.05, 3.63) is 0 Å². The van der Waals surface area contributed by atoms with Crippen LogP contribution in [0.25, 0.3) is 0 Å². The summed E-state index contributed by atoms with van der Waals surface area (Å²) in [5, 5.41) is 56.6. The molecule has 0 amide bonds. The van der Waals surface area contributed by atoms with Crippen LogP contribution in [-0.2, 0) is 9.53 Å². The summed E-state index contributed by atoms with van der Waals surface area (Å²) in [4.78, 5) is 12.2. The van der Waals surface area contributed by atoms with Crippen LogP contribution in [0.15, 0.2) is 0 Å². The number of carbonyl (C=O) groups excluding carboxylic acids is 1. The molecule has 4 unspecified atom stereocenters. The van der Waals surface area contributed by atoms with Crippen LogP contribution in [0.1, 0.15) is 71.1 Å². The molecule has 0 fully saturated rings. The summed E-state index contributed by atoms with van der Waals surface area (Å²) >= 11 is 0. The number of hydrogen-bond donors (Lipinski definition) is 6. The van der Waals surface area contributed by atoms with Crippen molar-refractivity contribution < 1.29 is 40.2 Å². The van der Waals surface area contributed by atoms with E-state index in [0.29, 0.717) is 6.42 Å². The normalized spacial score (nSPS) is 17.5. The largest absolute Gasteiger partial charge is 0.393 e. The fourth-order valence-corrected chi connectivity index (χ4v) is 2.58. The number of ketones is 1. The van der Waals surface area contributed by atoms with E-state index in [1.54, 1.807) is 0 Å². The molecule has 0 spiro atoms. The van der Waals surface area contributed by atoms with E-state index in [1.807, 2.05) is 0 Å². The van der Waals surface area contributed by atoms with E-state index in [4.69, 9.17) is 10.2 Å². The van der Waals surface area contributed by atoms with Crippen molar-refractivity contribution in [1.82, 2.24) is 0 Å². The average molecular weight is 380 g/mol. The van der Waals surface area contributed by atoms with Gasteiger partial charge in [0.05, 0.1) is 13.2 Å². The van der Waals surface area contributed by atoms with E-state index in [9.17, 15) is 25.2 Å². The maximum absolute atomic E-state index is 12.2. The van der Waals surface area contributed by atoms with Gasteiger partial charge in [-0.1, -0.05) is 58.3 Å². The summed E-state index contributed by atoms with van der Waals surface area (Å²) in [5.74, 6) is -3.74. The van der Waals surface area contributed by atoms with Crippen LogP contribution >= 0.6 is 0 Å². The van der Waals surface area contributed by atoms with Gasteiger partial charge in [0.2, 0.25) is 0 Å². The van der Waals surface area contributed by atoms with Crippen molar-refractivity contribution in [3.8, 4) is 0 Å². The molecule has 0 saturated heterocycles. The van der Waals surface area contributed by atoms with Gasteiger partial charge in [0, 0.05) is 6.42 Å². The summed E-state index contributed by atoms with van der Waals surface area (Å²) in [5.41, 5.74) is 0. The summed E-state index contributed by atoms with van der Waals surface area (Å²) in [7, 11) is 0. The van der Waals surface area contributed by atoms with Crippen molar-refractivity contribution >= 4 is 5.78 Å². The third-order valence-corrected chi connectivity index (χ3v) is 4.35. The number of ether oxygens (including phenoxy) is 1. The molecule has 0 aromatic carbocycles. The third kappa shape index (κ3) is 9.36. The van der Waals surface area contributed by atoms with Crippen LogP contribution in [0.5, 0.6) is 0 Å². The minimum absolute atomic E-state index is 0.106. The number of rotatable bonds is 17. The molecule has 0 aromatic rings. The van der Waals surface area contributed by atoms with E-state index in [1.165, 1.54) is 25.7 Å². The van der Waals surface area contributed by atoms with Gasteiger partial charge in [0.1, 0.15) is 12.2 Å². The van der Waals surface area contributed by atoms with Crippen LogP contribution in [-0.4, -0.2) is 73.9 Å². The smallest absolute Gasteiger partial charge is 0.257 e. The van der Waals surface area contributed by atoms with Crippen LogP contribution in [0.4, 0.5) is 0 Å². The highest BCUT2D eigenvalue weighted by molar-refractivity contribution is 5.86. The quantitative estimate of drug-likeness (QED) is 0.155. The van der Waals surface area contributed by atoms with Gasteiger partial charge < -0.3 is 35.4 Å². The van der Waals surface area contributed by atoms with Gasteiger partial charge in [-0.05, 0) is 6.42 Å². The highest BCUT2D eigenvalue weighted by Gasteiger charge is 2.46. The molecule has 0 radical (unpaired) electrons. The molecule has 0 saturated carbocycles. The zero-order valence-electron chi connectivity index (χ0n) is 15.7. The number of unbranched alkanes of at least 4 members (excludes halogenated alkanes) is 8. The lowest BCUT2D eigenvalue weighted by molar-refractivity contribution is -0.317. The second-order valence-corrected chi connectivity index (χ2v) is 6.65. The first-order valence-electron chi connectivity index (χ1n) is 9.52. The molecule has 0 aliphatic rings. The maximum atomic E-state index is 12.2. The second kappa shape index (κ2) is 14.4. The number of Topliss-reactive ketones (excluding diaryl/α,β-unsaturated/α-hetero) is 1. The molecule has 8 nitrogen and oxygen atoms in total. The Balaban J connectivity index is 4.31. The molecule has 0 heterocycles. The molecule has 6 N–H and O–H groups in total. The Labute approximate surface area is 155 Å². The lowest BCUT2D eigenvalue weighted by atomic mass is 9.99. The van der Waals surface area contributed by atoms with Crippen LogP contribution < -0.4 is 0 Å². The first kappa shape index (κ1) is 25.4. The van der Waals surface area contributed by atoms with Gasteiger partial charge in [0.15, 0.2) is 12.1 Å². The van der Waals surface area contributed by atoms with Crippen molar-refractivity contribution in [2.45, 2.75) is 95.4 Å². The third-order valence-electron chi connectivity index (χ3n) is 4.35. The van der Waals surface area contributed by atoms with Crippen LogP contribution in [0.3, 0.4) is 0 Å². The topological polar surface area (TPSA) is 148 Å². The fraction of sp³-hybridized carbons (Fsp3) is 0.944. The average Bonchev–Trinajstić information content (AvgIpc) is 2.64. The molecular formula is C18H36O8. The molecular weight excluding hydrogens is 344 g/mol. The summed E-state index contributed by atoms with van der Waals surface area (Å²) in [6.45, 7) is 0.333. The highest BCUT2D eigenvalue weighted by atomic mass is 16.7. The summed E-state index contributed by atoms with van der Waals surface area (Å²) < 4.78 is 4.68. The molecule has 0 rings (SSSR count). The molecule has 0 aliphatic heterocycles. The number of aliphatic hydroxyl groups excluding tert-OH is 5. The standard InChI is InChI=1S/C18H36O8/c1-2-3-4-5-6-7-8-9-10-11-15(22)18(25,16(23)13-20)26-17(24)14(21)12-19/h14,16-17,19-21,23-25H,2-13H2,1H3. The van der Waals surface area contributed by atoms with Crippen LogP contribution in [0.2, 0.25) is 0 Å². The first-order valence-corrected chi connectivity index (χ1v) is 9.52. The van der Waals surface area contributed by atoms with Gasteiger partial charge >= 0.3 is 0 Å². The summed E-state index contributed by atoms with van der Waals surface area (Å²) in [6.07, 6.45) is 3.37. The fourth-order valence-electron chi connectivity index (χ4n) is 2.58. The van der Waals surface area contributed by atoms with E-state index in [0.717, 1.165) is 25.7 Å². The van der Waals surface area contributed by atoms with Gasteiger partial charge in [0.25, 0.3) is 5.79 Å². The Kier molecular flexibility index (Phi) is 14.1. The molecule has 26 heavy (non-hydrogen) atoms. The van der Waals surface area contributed by atoms with E-state index in [2.05, 4.69) is 11.7 Å². The van der Waals surface area contributed by atoms with Gasteiger partial charge in [-0.3, -0.25) is 4.79 Å². The Morgan fingerprint density at radius 2 is 1.38 bits per heavy atom. The second-order valence-electron chi connectivity index (χ2n) is 6.65. The predicted octanol–water partition coefficient (Wildman–Crippen LogP) is 0.206. The lowest BCUT2D eigenvalue weighted by Gasteiger charge is -2.33. The monoisotopic (exact) mass is 380 g/mol. The molecule has 0 aliphatic carbocycles. The first-order chi connectivity index (χ1) is 12.3. The predicted molar refractivity (Wildman–Crippen MR) is 95.1 cm³/mol. The SMILES string of the molecule is CCCCCCCCCCCC(=O)C(O)(OC(O)C(O)CO)C(O)CO. The lowest BCUT2D eigenvalue weighted by Crippen LogP contribution is -2.56. The van der Waals surface area contributed by atoms with Crippen molar-refractivity contribution in [2.24, 2.45) is 0 Å². The van der Waals surface area contributed by atoms with Crippen molar-refractivity contribution in [1.29, 1.82) is 0 Å². The van der Waals surface area contributed by atoms with Gasteiger partial charge in [-0.15, -0.1) is 0 Å². The minimum atomic E-state index is -2.84. The van der Waals surface area contributed by atoms with E-state index < -0.39 is 43.3 Å². The Morgan fingerprint density at radius 1 is 0.885 bits per heavy atom. The number of aliphatic hydroxyl groups is 6. The summed E-state index contributed by atoms with van der Waals surface area (Å²) in [6, 6.07) is 0. The van der Waals surface area contributed by atoms with Gasteiger partial charge in [-0.2, -0.15) is 0 Å². The molecule has 156 valence electrons. The number of hydrogen-bond acceptors (Lipinski definition) is 8. The zero-order chi connectivity index (χ0) is 20.0. The Hall–Kier alpha value is -0.610. The Bertz CT molecular complexity index is 365. The van der Waals surface area contributed by atoms with Crippen LogP contribution in [0, 0.1) is 0 Å². The van der Waals surface area contributed by atoms with Crippen molar-refractivity contribution in [2.75, 3.05) is 13.2 Å². The minimum Gasteiger partial charge on any atom is -0.393 e. The van der Waals surface area contributed by atoms with E-state index in [-0.39, 0.29) is 6.42 Å². The Morgan fingerprint density at radius 3 is 1.85 bits per heavy atom. The van der Waals surface area contributed by atoms with E-state index >= 15 is 0 Å². The number of carbonyl (C=O) groups is 1. The molecule has 4 atom stereocenters. The molecule has 0 bridgehead atoms. The van der Waals surface area contributed by atoms with Crippen molar-refractivity contribution in [3.63, 3.8) is 0 Å².